The summed E-state index contributed by atoms with van der Waals surface area (Å²) in [6, 6.07) is 0. The number of ether oxygens (including phenoxy) is 2. The van der Waals surface area contributed by atoms with Crippen molar-refractivity contribution in [3.8, 4) is 0 Å². The summed E-state index contributed by atoms with van der Waals surface area (Å²) in [5.74, 6) is 0. The Bertz CT molecular complexity index is 390. The zero-order valence-corrected chi connectivity index (χ0v) is 14.5. The second-order valence-electron chi connectivity index (χ2n) is 7.55. The molecule has 0 aromatic carbocycles. The van der Waals surface area contributed by atoms with E-state index in [9.17, 15) is 5.11 Å². The van der Waals surface area contributed by atoms with E-state index in [0.29, 0.717) is 6.61 Å². The van der Waals surface area contributed by atoms with Crippen LogP contribution in [0, 0.1) is 0 Å². The van der Waals surface area contributed by atoms with E-state index in [0.717, 1.165) is 0 Å². The molecular formula is C15H28O4Si. The molecule has 116 valence electrons. The van der Waals surface area contributed by atoms with E-state index in [-0.39, 0.29) is 17.2 Å². The third-order valence-corrected chi connectivity index (χ3v) is 9.53. The molecule has 4 nitrogen and oxygen atoms in total. The van der Waals surface area contributed by atoms with Crippen molar-refractivity contribution < 1.29 is 19.0 Å². The van der Waals surface area contributed by atoms with Crippen LogP contribution in [0.2, 0.25) is 18.1 Å². The van der Waals surface area contributed by atoms with Gasteiger partial charge in [-0.05, 0) is 25.1 Å². The van der Waals surface area contributed by atoms with E-state index in [2.05, 4.69) is 40.4 Å². The van der Waals surface area contributed by atoms with Crippen molar-refractivity contribution in [2.75, 3.05) is 6.61 Å². The minimum absolute atomic E-state index is 0.0816. The average molecular weight is 300 g/mol. The number of rotatable bonds is 3. The third-order valence-electron chi connectivity index (χ3n) is 5.07. The normalized spacial score (nSPS) is 41.8. The minimum atomic E-state index is -2.00. The molecule has 3 aliphatic heterocycles. The van der Waals surface area contributed by atoms with Gasteiger partial charge in [0.25, 0.3) is 0 Å². The van der Waals surface area contributed by atoms with Crippen LogP contribution in [0.4, 0.5) is 0 Å². The van der Waals surface area contributed by atoms with Crippen molar-refractivity contribution >= 4 is 8.32 Å². The van der Waals surface area contributed by atoms with E-state index >= 15 is 0 Å². The lowest BCUT2D eigenvalue weighted by atomic mass is 9.82. The maximum atomic E-state index is 10.6. The van der Waals surface area contributed by atoms with Gasteiger partial charge in [-0.2, -0.15) is 0 Å². The van der Waals surface area contributed by atoms with Crippen LogP contribution in [0.3, 0.4) is 0 Å². The van der Waals surface area contributed by atoms with Gasteiger partial charge < -0.3 is 19.0 Å². The zero-order valence-electron chi connectivity index (χ0n) is 13.5. The average Bonchev–Trinajstić information content (AvgIpc) is 2.32. The highest BCUT2D eigenvalue weighted by atomic mass is 28.4. The van der Waals surface area contributed by atoms with Crippen LogP contribution < -0.4 is 0 Å². The first-order valence-electron chi connectivity index (χ1n) is 7.33. The first-order valence-corrected chi connectivity index (χ1v) is 10.2. The van der Waals surface area contributed by atoms with Gasteiger partial charge in [0, 0.05) is 0 Å². The number of aliphatic hydroxyl groups excluding tert-OH is 1. The van der Waals surface area contributed by atoms with Gasteiger partial charge in [0.05, 0.1) is 12.7 Å². The van der Waals surface area contributed by atoms with Gasteiger partial charge >= 0.3 is 0 Å². The molecule has 0 aromatic rings. The SMILES string of the molecule is C=CC12COC(C(C)O1)C(O)C2O[Si](C)(C)C(C)(C)C. The molecule has 20 heavy (non-hydrogen) atoms. The highest BCUT2D eigenvalue weighted by Crippen LogP contribution is 2.44. The summed E-state index contributed by atoms with van der Waals surface area (Å²) >= 11 is 0. The summed E-state index contributed by atoms with van der Waals surface area (Å²) in [5, 5.41) is 10.7. The van der Waals surface area contributed by atoms with Crippen molar-refractivity contribution in [1.82, 2.24) is 0 Å². The lowest BCUT2D eigenvalue weighted by Gasteiger charge is -2.57. The molecule has 0 saturated carbocycles. The number of hydrogen-bond acceptors (Lipinski definition) is 4. The molecular weight excluding hydrogens is 272 g/mol. The first kappa shape index (κ1) is 16.2. The fraction of sp³-hybridized carbons (Fsp3) is 0.867. The van der Waals surface area contributed by atoms with E-state index in [1.807, 2.05) is 6.92 Å². The molecule has 5 atom stereocenters. The molecule has 5 unspecified atom stereocenters. The number of fused-ring (bicyclic) bond motifs is 3. The van der Waals surface area contributed by atoms with Crippen LogP contribution in [0.25, 0.3) is 0 Å². The van der Waals surface area contributed by atoms with Gasteiger partial charge in [-0.15, -0.1) is 6.58 Å². The molecule has 1 N–H and O–H groups in total. The molecule has 5 heteroatoms. The smallest absolute Gasteiger partial charge is 0.192 e. The Morgan fingerprint density at radius 1 is 1.40 bits per heavy atom. The number of hydrogen-bond donors (Lipinski definition) is 1. The lowest BCUT2D eigenvalue weighted by molar-refractivity contribution is -0.318. The highest BCUT2D eigenvalue weighted by Gasteiger charge is 2.59. The van der Waals surface area contributed by atoms with E-state index in [1.54, 1.807) is 6.08 Å². The molecule has 0 spiro atoms. The lowest BCUT2D eigenvalue weighted by Crippen LogP contribution is -2.72. The fourth-order valence-corrected chi connectivity index (χ4v) is 4.01. The predicted octanol–water partition coefficient (Wildman–Crippen LogP) is 2.48. The second kappa shape index (κ2) is 4.92. The van der Waals surface area contributed by atoms with Crippen LogP contribution in [0.1, 0.15) is 27.7 Å². The Labute approximate surface area is 123 Å². The van der Waals surface area contributed by atoms with Gasteiger partial charge in [-0.3, -0.25) is 0 Å². The van der Waals surface area contributed by atoms with Crippen molar-refractivity contribution in [1.29, 1.82) is 0 Å². The van der Waals surface area contributed by atoms with Gasteiger partial charge in [-0.25, -0.2) is 0 Å². The van der Waals surface area contributed by atoms with Crippen LogP contribution in [0.5, 0.6) is 0 Å². The molecule has 3 rings (SSSR count). The van der Waals surface area contributed by atoms with E-state index < -0.39 is 26.1 Å². The maximum absolute atomic E-state index is 10.6. The van der Waals surface area contributed by atoms with Gasteiger partial charge in [0.1, 0.15) is 23.9 Å². The van der Waals surface area contributed by atoms with Crippen LogP contribution in [-0.2, 0) is 13.9 Å². The Balaban J connectivity index is 2.29. The Hall–Kier alpha value is -0.203. The monoisotopic (exact) mass is 300 g/mol. The van der Waals surface area contributed by atoms with Crippen LogP contribution in [-0.4, -0.2) is 50.0 Å². The summed E-state index contributed by atoms with van der Waals surface area (Å²) in [6.45, 7) is 17.1. The Morgan fingerprint density at radius 3 is 2.45 bits per heavy atom. The molecule has 3 aliphatic rings. The quantitative estimate of drug-likeness (QED) is 0.642. The molecule has 0 radical (unpaired) electrons. The van der Waals surface area contributed by atoms with Crippen LogP contribution >= 0.6 is 0 Å². The summed E-state index contributed by atoms with van der Waals surface area (Å²) in [5.41, 5.74) is -0.733. The summed E-state index contributed by atoms with van der Waals surface area (Å²) < 4.78 is 18.2. The van der Waals surface area contributed by atoms with Crippen molar-refractivity contribution in [2.24, 2.45) is 0 Å². The van der Waals surface area contributed by atoms with Gasteiger partial charge in [-0.1, -0.05) is 26.8 Å². The van der Waals surface area contributed by atoms with Crippen molar-refractivity contribution in [2.45, 2.75) is 75.8 Å². The first-order chi connectivity index (χ1) is 9.04. The molecule has 0 aliphatic carbocycles. The van der Waals surface area contributed by atoms with Crippen molar-refractivity contribution in [3.63, 3.8) is 0 Å². The van der Waals surface area contributed by atoms with E-state index in [1.165, 1.54) is 0 Å². The molecule has 3 fully saturated rings. The van der Waals surface area contributed by atoms with Crippen LogP contribution in [0.15, 0.2) is 12.7 Å². The molecule has 2 bridgehead atoms. The molecule has 0 amide bonds. The Morgan fingerprint density at radius 2 is 2.00 bits per heavy atom. The van der Waals surface area contributed by atoms with Gasteiger partial charge in [0.15, 0.2) is 8.32 Å². The standard InChI is InChI=1S/C15H28O4Si/c1-8-15-9-17-12(10(2)18-15)11(16)13(15)19-20(6,7)14(3,4)5/h8,10-13,16H,1,9H2,2-7H3. The maximum Gasteiger partial charge on any atom is 0.192 e. The summed E-state index contributed by atoms with van der Waals surface area (Å²) in [4.78, 5) is 0. The topological polar surface area (TPSA) is 47.9 Å². The zero-order chi connectivity index (χ0) is 15.3. The summed E-state index contributed by atoms with van der Waals surface area (Å²) in [6.07, 6.45) is 0.220. The highest BCUT2D eigenvalue weighted by molar-refractivity contribution is 6.74. The minimum Gasteiger partial charge on any atom is -0.408 e. The molecule has 3 saturated heterocycles. The Kier molecular flexibility index (Phi) is 3.98. The summed E-state index contributed by atoms with van der Waals surface area (Å²) in [7, 11) is -2.00. The molecule has 3 heterocycles. The second-order valence-corrected chi connectivity index (χ2v) is 12.3. The predicted molar refractivity (Wildman–Crippen MR) is 81.3 cm³/mol. The van der Waals surface area contributed by atoms with E-state index in [4.69, 9.17) is 13.9 Å². The molecule has 0 aromatic heterocycles. The third kappa shape index (κ3) is 2.39. The van der Waals surface area contributed by atoms with Crippen molar-refractivity contribution in [3.05, 3.63) is 12.7 Å². The fourth-order valence-electron chi connectivity index (χ4n) is 2.68. The largest absolute Gasteiger partial charge is 0.408 e. The van der Waals surface area contributed by atoms with Gasteiger partial charge in [0.2, 0.25) is 0 Å². The number of aliphatic hydroxyl groups is 1.